The molecule has 25 heavy (non-hydrogen) atoms. The van der Waals surface area contributed by atoms with Crippen LogP contribution in [0.5, 0.6) is 0 Å². The van der Waals surface area contributed by atoms with Crippen LogP contribution >= 0.6 is 0 Å². The molecule has 1 atom stereocenters. The zero-order chi connectivity index (χ0) is 17.4. The fourth-order valence-corrected chi connectivity index (χ4v) is 3.59. The van der Waals surface area contributed by atoms with Gasteiger partial charge in [-0.2, -0.15) is 0 Å². The minimum atomic E-state index is -0.347. The number of anilines is 1. The highest BCUT2D eigenvalue weighted by atomic mass is 19.1. The molecule has 0 bridgehead atoms. The van der Waals surface area contributed by atoms with E-state index in [1.54, 1.807) is 6.07 Å². The van der Waals surface area contributed by atoms with Crippen molar-refractivity contribution in [2.75, 3.05) is 31.1 Å². The number of ether oxygens (including phenoxy) is 1. The predicted octanol–water partition coefficient (Wildman–Crippen LogP) is 3.00. The number of esters is 1. The van der Waals surface area contributed by atoms with E-state index in [9.17, 15) is 9.18 Å². The molecule has 0 aromatic heterocycles. The molecule has 1 N–H and O–H groups in total. The second-order valence-electron chi connectivity index (χ2n) is 6.68. The number of nitrogens with zero attached hydrogens (tertiary/aromatic N) is 1. The van der Waals surface area contributed by atoms with Crippen molar-refractivity contribution in [3.63, 3.8) is 0 Å². The van der Waals surface area contributed by atoms with Crippen LogP contribution in [0.25, 0.3) is 0 Å². The van der Waals surface area contributed by atoms with E-state index >= 15 is 0 Å². The van der Waals surface area contributed by atoms with Crippen LogP contribution < -0.4 is 10.2 Å². The molecule has 4 nitrogen and oxygen atoms in total. The molecule has 4 rings (SSSR count). The number of carbonyl (C=O) groups is 1. The van der Waals surface area contributed by atoms with Crippen molar-refractivity contribution >= 4 is 11.7 Å². The van der Waals surface area contributed by atoms with Crippen LogP contribution in [0, 0.1) is 12.7 Å². The Morgan fingerprint density at radius 3 is 2.80 bits per heavy atom. The van der Waals surface area contributed by atoms with Gasteiger partial charge in [0.1, 0.15) is 11.9 Å². The highest BCUT2D eigenvalue weighted by Gasteiger charge is 2.32. The number of halogens is 1. The Morgan fingerprint density at radius 1 is 1.20 bits per heavy atom. The van der Waals surface area contributed by atoms with Crippen LogP contribution in [0.15, 0.2) is 36.4 Å². The predicted molar refractivity (Wildman–Crippen MR) is 94.5 cm³/mol. The van der Waals surface area contributed by atoms with E-state index in [0.29, 0.717) is 12.0 Å². The van der Waals surface area contributed by atoms with Gasteiger partial charge >= 0.3 is 5.97 Å². The van der Waals surface area contributed by atoms with Crippen molar-refractivity contribution in [2.45, 2.75) is 19.4 Å². The summed E-state index contributed by atoms with van der Waals surface area (Å²) in [6.07, 6.45) is 0.148. The van der Waals surface area contributed by atoms with Gasteiger partial charge in [0.25, 0.3) is 0 Å². The van der Waals surface area contributed by atoms with Gasteiger partial charge in [-0.3, -0.25) is 0 Å². The molecule has 0 spiro atoms. The summed E-state index contributed by atoms with van der Waals surface area (Å²) in [7, 11) is 0. The highest BCUT2D eigenvalue weighted by molar-refractivity contribution is 5.95. The average molecular weight is 340 g/mol. The summed E-state index contributed by atoms with van der Waals surface area (Å²) in [5.41, 5.74) is 4.46. The maximum atomic E-state index is 13.5. The summed E-state index contributed by atoms with van der Waals surface area (Å²) in [4.78, 5) is 14.6. The van der Waals surface area contributed by atoms with Gasteiger partial charge in [0.15, 0.2) is 0 Å². The Hall–Kier alpha value is -2.40. The lowest BCUT2D eigenvalue weighted by Crippen LogP contribution is -2.43. The summed E-state index contributed by atoms with van der Waals surface area (Å²) in [6.45, 7) is 5.70. The van der Waals surface area contributed by atoms with Crippen molar-refractivity contribution < 1.29 is 13.9 Å². The monoisotopic (exact) mass is 340 g/mol. The maximum Gasteiger partial charge on any atom is 0.339 e. The highest BCUT2D eigenvalue weighted by Crippen LogP contribution is 2.36. The van der Waals surface area contributed by atoms with Gasteiger partial charge in [0.2, 0.25) is 0 Å². The van der Waals surface area contributed by atoms with E-state index < -0.39 is 0 Å². The smallest absolute Gasteiger partial charge is 0.339 e. The lowest BCUT2D eigenvalue weighted by atomic mass is 9.96. The van der Waals surface area contributed by atoms with Gasteiger partial charge in [0.05, 0.1) is 5.56 Å². The van der Waals surface area contributed by atoms with E-state index in [1.165, 1.54) is 12.1 Å². The van der Waals surface area contributed by atoms with Crippen molar-refractivity contribution in [3.8, 4) is 0 Å². The zero-order valence-electron chi connectivity index (χ0n) is 14.2. The number of benzene rings is 2. The van der Waals surface area contributed by atoms with E-state index in [-0.39, 0.29) is 17.9 Å². The van der Waals surface area contributed by atoms with E-state index in [4.69, 9.17) is 4.74 Å². The first-order chi connectivity index (χ1) is 12.1. The number of piperazine rings is 1. The first-order valence-corrected chi connectivity index (χ1v) is 8.67. The lowest BCUT2D eigenvalue weighted by Gasteiger charge is -2.29. The summed E-state index contributed by atoms with van der Waals surface area (Å²) < 4.78 is 19.1. The van der Waals surface area contributed by atoms with Crippen LogP contribution in [0.3, 0.4) is 0 Å². The van der Waals surface area contributed by atoms with Gasteiger partial charge in [-0.25, -0.2) is 9.18 Å². The molecular weight excluding hydrogens is 319 g/mol. The Kier molecular flexibility index (Phi) is 4.17. The normalized spacial score (nSPS) is 19.7. The van der Waals surface area contributed by atoms with Gasteiger partial charge in [-0.05, 0) is 42.3 Å². The first-order valence-electron chi connectivity index (χ1n) is 8.67. The third kappa shape index (κ3) is 3.12. The minimum absolute atomic E-state index is 0.265. The molecule has 1 saturated heterocycles. The molecule has 1 fully saturated rings. The van der Waals surface area contributed by atoms with Gasteiger partial charge in [-0.1, -0.05) is 12.1 Å². The second-order valence-corrected chi connectivity index (χ2v) is 6.68. The fraction of sp³-hybridized carbons (Fsp3) is 0.350. The van der Waals surface area contributed by atoms with E-state index in [1.807, 2.05) is 19.1 Å². The lowest BCUT2D eigenvalue weighted by molar-refractivity contribution is 0.0386. The van der Waals surface area contributed by atoms with Crippen molar-refractivity contribution in [2.24, 2.45) is 0 Å². The van der Waals surface area contributed by atoms with Gasteiger partial charge in [-0.15, -0.1) is 0 Å². The van der Waals surface area contributed by atoms with Crippen LogP contribution in [0.4, 0.5) is 10.1 Å². The molecule has 130 valence electrons. The molecule has 2 aliphatic rings. The number of fused-ring (bicyclic) bond motifs is 1. The third-order valence-corrected chi connectivity index (χ3v) is 5.05. The number of hydrogen-bond donors (Lipinski definition) is 1. The van der Waals surface area contributed by atoms with Gasteiger partial charge < -0.3 is 15.0 Å². The molecule has 1 unspecified atom stereocenters. The molecule has 0 radical (unpaired) electrons. The molecular formula is C20H21FN2O2. The number of aryl methyl sites for hydroxylation is 1. The molecule has 5 heteroatoms. The molecule has 2 aromatic rings. The Labute approximate surface area is 146 Å². The van der Waals surface area contributed by atoms with Crippen molar-refractivity contribution in [1.29, 1.82) is 0 Å². The van der Waals surface area contributed by atoms with Crippen molar-refractivity contribution in [1.82, 2.24) is 5.32 Å². The molecule has 2 heterocycles. The molecule has 0 amide bonds. The molecule has 2 aliphatic heterocycles. The topological polar surface area (TPSA) is 41.6 Å². The van der Waals surface area contributed by atoms with Crippen LogP contribution in [-0.4, -0.2) is 32.1 Å². The number of carbonyl (C=O) groups excluding carboxylic acids is 1. The molecule has 0 saturated carbocycles. The second kappa shape index (κ2) is 6.48. The Bertz CT molecular complexity index is 815. The average Bonchev–Trinajstić information content (AvgIpc) is 2.94. The maximum absolute atomic E-state index is 13.5. The first kappa shape index (κ1) is 16.1. The molecule has 0 aliphatic carbocycles. The summed E-state index contributed by atoms with van der Waals surface area (Å²) >= 11 is 0. The van der Waals surface area contributed by atoms with E-state index in [0.717, 1.165) is 48.6 Å². The number of rotatable bonds is 3. The minimum Gasteiger partial charge on any atom is -0.454 e. The Balaban J connectivity index is 1.60. The van der Waals surface area contributed by atoms with E-state index in [2.05, 4.69) is 16.3 Å². The SMILES string of the molecule is Cc1ccc(F)cc1CC1OC(=O)c2cc(N3CCNCC3)ccc21. The number of nitrogens with one attached hydrogen (secondary N) is 1. The molecule has 2 aromatic carbocycles. The number of hydrogen-bond acceptors (Lipinski definition) is 4. The Morgan fingerprint density at radius 2 is 2.00 bits per heavy atom. The summed E-state index contributed by atoms with van der Waals surface area (Å²) in [5, 5.41) is 3.33. The fourth-order valence-electron chi connectivity index (χ4n) is 3.59. The quantitative estimate of drug-likeness (QED) is 0.872. The van der Waals surface area contributed by atoms with Gasteiger partial charge in [0, 0.05) is 43.9 Å². The van der Waals surface area contributed by atoms with Crippen LogP contribution in [0.2, 0.25) is 0 Å². The largest absolute Gasteiger partial charge is 0.454 e. The number of cyclic esters (lactones) is 1. The van der Waals surface area contributed by atoms with Crippen molar-refractivity contribution in [3.05, 3.63) is 64.5 Å². The zero-order valence-corrected chi connectivity index (χ0v) is 14.2. The van der Waals surface area contributed by atoms with Crippen LogP contribution in [0.1, 0.15) is 33.2 Å². The summed E-state index contributed by atoms with van der Waals surface area (Å²) in [5.74, 6) is -0.551. The standard InChI is InChI=1S/C20H21FN2O2/c1-13-2-3-15(21)10-14(13)11-19-17-5-4-16(12-18(17)20(24)25-19)23-8-6-22-7-9-23/h2-5,10,12,19,22H,6-9,11H2,1H3. The third-order valence-electron chi connectivity index (χ3n) is 5.05. The van der Waals surface area contributed by atoms with Crippen LogP contribution in [-0.2, 0) is 11.2 Å². The summed E-state index contributed by atoms with van der Waals surface area (Å²) in [6, 6.07) is 10.7.